The molecule has 1 saturated carbocycles. The van der Waals surface area contributed by atoms with Crippen LogP contribution in [0.25, 0.3) is 0 Å². The number of guanidine groups is 1. The van der Waals surface area contributed by atoms with Gasteiger partial charge in [0.2, 0.25) is 0 Å². The standard InChI is InChI=1S/C18H24N4S.HI/c1-14-22-17(13-23-14)9-10-19-18(21-12-16-7-8-16)20-11-15-5-3-2-4-6-15;/h2-6,13,16H,7-12H2,1H3,(H2,19,20,21);1H. The van der Waals surface area contributed by atoms with Gasteiger partial charge in [0.05, 0.1) is 17.2 Å². The number of thiazole rings is 1. The lowest BCUT2D eigenvalue weighted by atomic mass is 10.2. The predicted molar refractivity (Wildman–Crippen MR) is 112 cm³/mol. The Morgan fingerprint density at radius 2 is 2.04 bits per heavy atom. The van der Waals surface area contributed by atoms with E-state index in [2.05, 4.69) is 45.3 Å². The maximum absolute atomic E-state index is 4.71. The first-order chi connectivity index (χ1) is 11.3. The van der Waals surface area contributed by atoms with Crippen molar-refractivity contribution in [2.24, 2.45) is 10.9 Å². The van der Waals surface area contributed by atoms with Crippen molar-refractivity contribution >= 4 is 41.3 Å². The normalized spacial score (nSPS) is 14.1. The van der Waals surface area contributed by atoms with Crippen LogP contribution >= 0.6 is 35.3 Å². The summed E-state index contributed by atoms with van der Waals surface area (Å²) in [4.78, 5) is 9.21. The van der Waals surface area contributed by atoms with Gasteiger partial charge in [0, 0.05) is 24.9 Å². The van der Waals surface area contributed by atoms with E-state index < -0.39 is 0 Å². The fourth-order valence-corrected chi connectivity index (χ4v) is 2.97. The van der Waals surface area contributed by atoms with Gasteiger partial charge < -0.3 is 10.6 Å². The highest BCUT2D eigenvalue weighted by molar-refractivity contribution is 14.0. The van der Waals surface area contributed by atoms with E-state index in [0.717, 1.165) is 42.1 Å². The highest BCUT2D eigenvalue weighted by Gasteiger charge is 2.21. The quantitative estimate of drug-likeness (QED) is 0.379. The van der Waals surface area contributed by atoms with Gasteiger partial charge in [0.1, 0.15) is 0 Å². The summed E-state index contributed by atoms with van der Waals surface area (Å²) in [7, 11) is 0. The molecule has 0 bridgehead atoms. The third-order valence-electron chi connectivity index (χ3n) is 3.86. The van der Waals surface area contributed by atoms with Gasteiger partial charge >= 0.3 is 0 Å². The second-order valence-corrected chi connectivity index (χ2v) is 7.07. The number of nitrogens with one attached hydrogen (secondary N) is 2. The Hall–Kier alpha value is -1.15. The first-order valence-electron chi connectivity index (χ1n) is 8.27. The molecule has 6 heteroatoms. The molecule has 1 fully saturated rings. The number of aromatic nitrogens is 1. The van der Waals surface area contributed by atoms with E-state index in [1.54, 1.807) is 11.3 Å². The number of aryl methyl sites for hydroxylation is 1. The van der Waals surface area contributed by atoms with E-state index in [1.165, 1.54) is 18.4 Å². The Balaban J connectivity index is 0.00000208. The smallest absolute Gasteiger partial charge is 0.191 e. The molecule has 2 aromatic rings. The molecule has 24 heavy (non-hydrogen) atoms. The number of aliphatic imine (C=N–C) groups is 1. The molecule has 0 amide bonds. The van der Waals surface area contributed by atoms with Crippen LogP contribution in [0, 0.1) is 12.8 Å². The Bertz CT molecular complexity index is 637. The summed E-state index contributed by atoms with van der Waals surface area (Å²) in [6, 6.07) is 10.4. The lowest BCUT2D eigenvalue weighted by Crippen LogP contribution is -2.39. The van der Waals surface area contributed by atoms with Gasteiger partial charge in [-0.25, -0.2) is 9.98 Å². The van der Waals surface area contributed by atoms with Crippen LogP contribution in [0.2, 0.25) is 0 Å². The summed E-state index contributed by atoms with van der Waals surface area (Å²) in [5.41, 5.74) is 2.39. The molecular weight excluding hydrogens is 431 g/mol. The van der Waals surface area contributed by atoms with Crippen LogP contribution in [-0.4, -0.2) is 24.0 Å². The monoisotopic (exact) mass is 456 g/mol. The zero-order valence-electron chi connectivity index (χ0n) is 14.0. The number of rotatable bonds is 7. The minimum absolute atomic E-state index is 0. The molecule has 0 saturated heterocycles. The average molecular weight is 456 g/mol. The predicted octanol–water partition coefficient (Wildman–Crippen LogP) is 3.76. The average Bonchev–Trinajstić information content (AvgIpc) is 3.31. The third-order valence-corrected chi connectivity index (χ3v) is 4.68. The molecule has 0 atom stereocenters. The molecule has 1 heterocycles. The first-order valence-corrected chi connectivity index (χ1v) is 9.14. The van der Waals surface area contributed by atoms with E-state index in [4.69, 9.17) is 4.99 Å². The molecule has 1 aromatic carbocycles. The highest BCUT2D eigenvalue weighted by atomic mass is 127. The number of nitrogens with zero attached hydrogens (tertiary/aromatic N) is 2. The minimum Gasteiger partial charge on any atom is -0.356 e. The van der Waals surface area contributed by atoms with Crippen LogP contribution in [0.15, 0.2) is 40.7 Å². The van der Waals surface area contributed by atoms with Crippen molar-refractivity contribution in [2.45, 2.75) is 32.7 Å². The Morgan fingerprint density at radius 3 is 2.71 bits per heavy atom. The van der Waals surface area contributed by atoms with E-state index in [0.29, 0.717) is 6.54 Å². The molecule has 0 unspecified atom stereocenters. The van der Waals surface area contributed by atoms with Gasteiger partial charge in [-0.1, -0.05) is 30.3 Å². The van der Waals surface area contributed by atoms with Crippen molar-refractivity contribution in [1.82, 2.24) is 15.6 Å². The topological polar surface area (TPSA) is 49.3 Å². The molecular formula is C18H25IN4S. The van der Waals surface area contributed by atoms with Gasteiger partial charge in [0.25, 0.3) is 0 Å². The van der Waals surface area contributed by atoms with Crippen LogP contribution in [0.3, 0.4) is 0 Å². The molecule has 4 nitrogen and oxygen atoms in total. The van der Waals surface area contributed by atoms with Crippen LogP contribution < -0.4 is 10.6 Å². The van der Waals surface area contributed by atoms with Gasteiger partial charge in [-0.05, 0) is 31.2 Å². The molecule has 1 aliphatic carbocycles. The molecule has 3 rings (SSSR count). The van der Waals surface area contributed by atoms with E-state index >= 15 is 0 Å². The maximum Gasteiger partial charge on any atom is 0.191 e. The Morgan fingerprint density at radius 1 is 1.25 bits per heavy atom. The zero-order chi connectivity index (χ0) is 15.9. The van der Waals surface area contributed by atoms with E-state index in [9.17, 15) is 0 Å². The van der Waals surface area contributed by atoms with Crippen molar-refractivity contribution in [2.75, 3.05) is 13.1 Å². The van der Waals surface area contributed by atoms with Gasteiger partial charge in [-0.3, -0.25) is 0 Å². The van der Waals surface area contributed by atoms with Crippen LogP contribution in [-0.2, 0) is 13.0 Å². The van der Waals surface area contributed by atoms with Crippen molar-refractivity contribution in [3.8, 4) is 0 Å². The molecule has 130 valence electrons. The number of hydrogen-bond acceptors (Lipinski definition) is 3. The fourth-order valence-electron chi connectivity index (χ4n) is 2.32. The molecule has 1 aromatic heterocycles. The second kappa shape index (κ2) is 9.98. The first kappa shape index (κ1) is 19.2. The number of benzene rings is 1. The number of hydrogen-bond donors (Lipinski definition) is 2. The SMILES string of the molecule is Cc1nc(CCNC(=NCc2ccccc2)NCC2CC2)cs1.I. The summed E-state index contributed by atoms with van der Waals surface area (Å²) in [6.07, 6.45) is 3.62. The lowest BCUT2D eigenvalue weighted by Gasteiger charge is -2.12. The highest BCUT2D eigenvalue weighted by Crippen LogP contribution is 2.27. The minimum atomic E-state index is 0. The van der Waals surface area contributed by atoms with Gasteiger partial charge in [0.15, 0.2) is 5.96 Å². The van der Waals surface area contributed by atoms with Crippen molar-refractivity contribution in [3.63, 3.8) is 0 Å². The van der Waals surface area contributed by atoms with Crippen molar-refractivity contribution < 1.29 is 0 Å². The van der Waals surface area contributed by atoms with Crippen LogP contribution in [0.5, 0.6) is 0 Å². The summed E-state index contributed by atoms with van der Waals surface area (Å²) in [6.45, 7) is 4.63. The molecule has 0 aliphatic heterocycles. The van der Waals surface area contributed by atoms with Crippen LogP contribution in [0.1, 0.15) is 29.1 Å². The zero-order valence-corrected chi connectivity index (χ0v) is 17.1. The number of halogens is 1. The van der Waals surface area contributed by atoms with E-state index in [1.807, 2.05) is 13.0 Å². The van der Waals surface area contributed by atoms with Gasteiger partial charge in [-0.2, -0.15) is 0 Å². The summed E-state index contributed by atoms with van der Waals surface area (Å²) >= 11 is 1.71. The Kier molecular flexibility index (Phi) is 7.98. The maximum atomic E-state index is 4.71. The Labute approximate surface area is 165 Å². The summed E-state index contributed by atoms with van der Waals surface area (Å²) in [5, 5.41) is 10.2. The molecule has 1 aliphatic rings. The second-order valence-electron chi connectivity index (χ2n) is 6.01. The van der Waals surface area contributed by atoms with Crippen molar-refractivity contribution in [3.05, 3.63) is 52.0 Å². The van der Waals surface area contributed by atoms with Crippen LogP contribution in [0.4, 0.5) is 0 Å². The molecule has 0 radical (unpaired) electrons. The summed E-state index contributed by atoms with van der Waals surface area (Å²) < 4.78 is 0. The van der Waals surface area contributed by atoms with Crippen molar-refractivity contribution in [1.29, 1.82) is 0 Å². The fraction of sp³-hybridized carbons (Fsp3) is 0.444. The third kappa shape index (κ3) is 6.76. The largest absolute Gasteiger partial charge is 0.356 e. The van der Waals surface area contributed by atoms with E-state index in [-0.39, 0.29) is 24.0 Å². The summed E-state index contributed by atoms with van der Waals surface area (Å²) in [5.74, 6) is 1.74. The molecule has 0 spiro atoms. The molecule has 2 N–H and O–H groups in total. The van der Waals surface area contributed by atoms with Gasteiger partial charge in [-0.15, -0.1) is 35.3 Å². The lowest BCUT2D eigenvalue weighted by molar-refractivity contribution is 0.727.